The van der Waals surface area contributed by atoms with Crippen molar-refractivity contribution in [3.05, 3.63) is 104 Å². The highest BCUT2D eigenvalue weighted by atomic mass is 79.9. The van der Waals surface area contributed by atoms with Crippen LogP contribution in [0.1, 0.15) is 57.1 Å². The number of amides is 2. The number of rotatable bonds is 8. The molecule has 336 valence electrons. The van der Waals surface area contributed by atoms with Crippen molar-refractivity contribution in [3.63, 3.8) is 0 Å². The molecule has 4 aromatic carbocycles. The molecular formula is C47H59BrCl4N6O4. The molecule has 3 fully saturated rings. The smallest absolute Gasteiger partial charge is 0.224 e. The molecule has 2 amide bonds. The molecule has 0 saturated carbocycles. The number of unbranched alkanes of at least 4 members (excludes halogenated alkanes) is 1. The minimum absolute atomic E-state index is 0. The van der Waals surface area contributed by atoms with Gasteiger partial charge >= 0.3 is 0 Å². The zero-order valence-electron chi connectivity index (χ0n) is 34.4. The van der Waals surface area contributed by atoms with E-state index in [9.17, 15) is 9.59 Å². The van der Waals surface area contributed by atoms with Crippen LogP contribution in [-0.4, -0.2) is 105 Å². The van der Waals surface area contributed by atoms with Gasteiger partial charge in [0.15, 0.2) is 0 Å². The first-order valence-electron chi connectivity index (χ1n) is 21.2. The summed E-state index contributed by atoms with van der Waals surface area (Å²) in [4.78, 5) is 29.7. The number of phenolic OH excluding ortho intramolecular Hbond substituents is 1. The van der Waals surface area contributed by atoms with Crippen molar-refractivity contribution < 1.29 is 40.9 Å². The number of halogens is 5. The second-order valence-corrected chi connectivity index (χ2v) is 17.8. The number of piperazine rings is 2. The molecular weight excluding hydrogens is 934 g/mol. The number of quaternary nitrogens is 1. The lowest BCUT2D eigenvalue weighted by atomic mass is 10.0. The molecule has 0 atom stereocenters. The van der Waals surface area contributed by atoms with Crippen molar-refractivity contribution in [2.45, 2.75) is 58.8 Å². The molecule has 5 heterocycles. The monoisotopic (exact) mass is 990 g/mol. The van der Waals surface area contributed by atoms with Gasteiger partial charge in [-0.05, 0) is 79.8 Å². The maximum Gasteiger partial charge on any atom is 0.224 e. The molecule has 5 aliphatic heterocycles. The quantitative estimate of drug-likeness (QED) is 0.127. The van der Waals surface area contributed by atoms with Gasteiger partial charge < -0.3 is 51.7 Å². The first kappa shape index (κ1) is 49.6. The van der Waals surface area contributed by atoms with Crippen molar-refractivity contribution in [2.75, 3.05) is 99.0 Å². The molecule has 9 rings (SSSR count). The molecule has 62 heavy (non-hydrogen) atoms. The lowest BCUT2D eigenvalue weighted by Gasteiger charge is -2.43. The lowest BCUT2D eigenvalue weighted by molar-refractivity contribution is -0.917. The molecule has 1 spiro atoms. The molecule has 10 nitrogen and oxygen atoms in total. The van der Waals surface area contributed by atoms with Gasteiger partial charge in [0.25, 0.3) is 0 Å². The fourth-order valence-electron chi connectivity index (χ4n) is 8.70. The van der Waals surface area contributed by atoms with Crippen LogP contribution in [0.5, 0.6) is 11.5 Å². The summed E-state index contributed by atoms with van der Waals surface area (Å²) in [6, 6.07) is 22.8. The molecule has 3 N–H and O–H groups in total. The number of hydrogen-bond donors (Lipinski definition) is 3. The van der Waals surface area contributed by atoms with Crippen LogP contribution in [0.2, 0.25) is 20.1 Å². The summed E-state index contributed by atoms with van der Waals surface area (Å²) in [5.41, 5.74) is 6.03. The number of carbonyl (C=O) groups is 2. The van der Waals surface area contributed by atoms with E-state index < -0.39 is 0 Å². The zero-order chi connectivity index (χ0) is 42.1. The zero-order valence-corrected chi connectivity index (χ0v) is 39.0. The maximum absolute atomic E-state index is 11.5. The number of anilines is 4. The minimum atomic E-state index is 0. The molecule has 0 bridgehead atoms. The second kappa shape index (κ2) is 23.5. The number of hydrogen-bond acceptors (Lipinski definition) is 7. The summed E-state index contributed by atoms with van der Waals surface area (Å²) in [6.07, 6.45) is 7.57. The average Bonchev–Trinajstić information content (AvgIpc) is 3.71. The Hall–Kier alpha value is -3.42. The predicted molar refractivity (Wildman–Crippen MR) is 253 cm³/mol. The topological polar surface area (TPSA) is 97.4 Å². The number of benzene rings is 4. The van der Waals surface area contributed by atoms with Crippen molar-refractivity contribution in [2.24, 2.45) is 0 Å². The van der Waals surface area contributed by atoms with E-state index in [2.05, 4.69) is 37.5 Å². The molecule has 4 aromatic rings. The first-order valence-corrected chi connectivity index (χ1v) is 22.7. The molecule has 15 heteroatoms. The summed E-state index contributed by atoms with van der Waals surface area (Å²) < 4.78 is 7.22. The number of carbonyl (C=O) groups excluding carboxylic acids is 2. The number of nitrogens with one attached hydrogen (secondary N) is 2. The van der Waals surface area contributed by atoms with E-state index in [0.717, 1.165) is 106 Å². The fourth-order valence-corrected chi connectivity index (χ4v) is 9.53. The minimum Gasteiger partial charge on any atom is -1.00 e. The van der Waals surface area contributed by atoms with Crippen LogP contribution in [0.15, 0.2) is 72.8 Å². The summed E-state index contributed by atoms with van der Waals surface area (Å²) in [6.45, 7) is 13.2. The molecule has 0 aliphatic carbocycles. The second-order valence-electron chi connectivity index (χ2n) is 16.2. The lowest BCUT2D eigenvalue weighted by Crippen LogP contribution is -3.00. The van der Waals surface area contributed by atoms with Crippen LogP contribution in [0.25, 0.3) is 0 Å². The van der Waals surface area contributed by atoms with Gasteiger partial charge in [-0.3, -0.25) is 14.5 Å². The van der Waals surface area contributed by atoms with Gasteiger partial charge in [-0.25, -0.2) is 0 Å². The van der Waals surface area contributed by atoms with Crippen molar-refractivity contribution in [1.29, 1.82) is 0 Å². The third kappa shape index (κ3) is 13.1. The van der Waals surface area contributed by atoms with Crippen LogP contribution in [0, 0.1) is 0 Å². The standard InChI is InChI=1S/C23H27Cl2N3O2.C14H19Cl2N2.C9H9NO2.CH4.BrH/c24-19-4-3-5-21(23(19)25)28-13-11-27(12-14-28)10-1-2-15-30-18-8-6-17-7-9-22(29)26-20(17)16-18;15-12-4-3-5-13(14(12)16)17-6-10-18(11-7-17)8-1-2-9-18;11-7-3-1-6-2-4-9(12)10-8(6)5-7;;/h3-6,8,16H,1-2,7,9-15H2,(H,26,29);3-5H,1-2,6-11H2;1,3,5,11H,2,4H2,(H,10,12);1H4;1H/q;+1;;;/p-1. The number of nitrogens with zero attached hydrogens (tertiary/aromatic N) is 4. The Labute approximate surface area is 397 Å². The third-order valence-electron chi connectivity index (χ3n) is 12.2. The van der Waals surface area contributed by atoms with Gasteiger partial charge in [0.2, 0.25) is 11.8 Å². The van der Waals surface area contributed by atoms with Gasteiger partial charge in [0, 0.05) is 75.4 Å². The summed E-state index contributed by atoms with van der Waals surface area (Å²) in [7, 11) is 0. The van der Waals surface area contributed by atoms with Gasteiger partial charge in [0.1, 0.15) is 11.5 Å². The Balaban J connectivity index is 0.000000192. The summed E-state index contributed by atoms with van der Waals surface area (Å²) in [5.74, 6) is 1.12. The van der Waals surface area contributed by atoms with Gasteiger partial charge in [-0.15, -0.1) is 0 Å². The Morgan fingerprint density at radius 2 is 1.16 bits per heavy atom. The SMILES string of the molecule is C.Clc1cccc(N2CC[N+]3(CCCC3)CC2)c1Cl.O=C1CCc2ccc(O)cc2N1.O=C1CCc2ccc(OCCCCN3CCN(c4cccc(Cl)c4Cl)CC3)cc2N1.[Br-]. The average molecular weight is 994 g/mol. The van der Waals surface area contributed by atoms with E-state index >= 15 is 0 Å². The number of fused-ring (bicyclic) bond motifs is 2. The molecule has 5 aliphatic rings. The molecule has 0 unspecified atom stereocenters. The normalized spacial score (nSPS) is 17.7. The van der Waals surface area contributed by atoms with Crippen LogP contribution in [-0.2, 0) is 22.4 Å². The van der Waals surface area contributed by atoms with Gasteiger partial charge in [-0.1, -0.05) is 78.1 Å². The summed E-state index contributed by atoms with van der Waals surface area (Å²) >= 11 is 24.9. The van der Waals surface area contributed by atoms with Crippen LogP contribution in [0.3, 0.4) is 0 Å². The van der Waals surface area contributed by atoms with Crippen LogP contribution in [0.4, 0.5) is 22.7 Å². The number of aromatic hydroxyl groups is 1. The predicted octanol–water partition coefficient (Wildman–Crippen LogP) is 7.20. The highest BCUT2D eigenvalue weighted by Gasteiger charge is 2.36. The Morgan fingerprint density at radius 1 is 0.629 bits per heavy atom. The number of phenols is 1. The Bertz CT molecular complexity index is 2120. The van der Waals surface area contributed by atoms with E-state index in [1.807, 2.05) is 48.5 Å². The highest BCUT2D eigenvalue weighted by molar-refractivity contribution is 6.44. The first-order chi connectivity index (χ1) is 29.1. The fraction of sp³-hybridized carbons (Fsp3) is 0.447. The number of ether oxygens (including phenoxy) is 1. The van der Waals surface area contributed by atoms with Crippen LogP contribution < -0.4 is 42.2 Å². The van der Waals surface area contributed by atoms with E-state index in [1.54, 1.807) is 12.1 Å². The van der Waals surface area contributed by atoms with E-state index in [4.69, 9.17) is 56.2 Å². The number of aryl methyl sites for hydroxylation is 2. The van der Waals surface area contributed by atoms with Gasteiger partial charge in [-0.2, -0.15) is 0 Å². The van der Waals surface area contributed by atoms with Crippen LogP contribution >= 0.6 is 46.4 Å². The third-order valence-corrected chi connectivity index (χ3v) is 13.8. The Morgan fingerprint density at radius 3 is 1.74 bits per heavy atom. The Kier molecular flexibility index (Phi) is 18.8. The maximum atomic E-state index is 11.5. The molecule has 3 saturated heterocycles. The molecule has 0 radical (unpaired) electrons. The van der Waals surface area contributed by atoms with E-state index in [-0.39, 0.29) is 42.0 Å². The van der Waals surface area contributed by atoms with Gasteiger partial charge in [0.05, 0.1) is 77.3 Å². The summed E-state index contributed by atoms with van der Waals surface area (Å²) in [5, 5.41) is 17.4. The van der Waals surface area contributed by atoms with Crippen molar-refractivity contribution in [1.82, 2.24) is 4.90 Å². The molecule has 0 aromatic heterocycles. The van der Waals surface area contributed by atoms with Crippen molar-refractivity contribution >= 4 is 81.0 Å². The largest absolute Gasteiger partial charge is 1.00 e. The van der Waals surface area contributed by atoms with E-state index in [1.165, 1.54) is 49.1 Å². The van der Waals surface area contributed by atoms with E-state index in [0.29, 0.717) is 39.5 Å². The highest BCUT2D eigenvalue weighted by Crippen LogP contribution is 2.35. The van der Waals surface area contributed by atoms with Crippen molar-refractivity contribution in [3.8, 4) is 11.5 Å².